The predicted molar refractivity (Wildman–Crippen MR) is 100 cm³/mol. The lowest BCUT2D eigenvalue weighted by atomic mass is 9.94. The molecule has 138 valence electrons. The molecule has 1 N–H and O–H groups in total. The number of piperidine rings is 2. The molecule has 2 amide bonds. The molecule has 0 aromatic carbocycles. The summed E-state index contributed by atoms with van der Waals surface area (Å²) in [6, 6.07) is 3.97. The van der Waals surface area contributed by atoms with Crippen molar-refractivity contribution in [3.63, 3.8) is 0 Å². The monoisotopic (exact) mass is 344 g/mol. The number of amides is 2. The molecule has 1 aromatic heterocycles. The van der Waals surface area contributed by atoms with Gasteiger partial charge < -0.3 is 15.1 Å². The molecule has 0 saturated carbocycles. The molecule has 5 heteroatoms. The summed E-state index contributed by atoms with van der Waals surface area (Å²) in [4.78, 5) is 21.4. The van der Waals surface area contributed by atoms with E-state index in [2.05, 4.69) is 22.1 Å². The summed E-state index contributed by atoms with van der Waals surface area (Å²) in [7, 11) is 0. The smallest absolute Gasteiger partial charge is 0.317 e. The largest absolute Gasteiger partial charge is 0.331 e. The predicted octanol–water partition coefficient (Wildman–Crippen LogP) is 3.30. The van der Waals surface area contributed by atoms with E-state index < -0.39 is 0 Å². The Morgan fingerprint density at radius 1 is 1.32 bits per heavy atom. The van der Waals surface area contributed by atoms with Crippen LogP contribution in [0.1, 0.15) is 51.1 Å². The molecule has 2 aliphatic rings. The van der Waals surface area contributed by atoms with Gasteiger partial charge in [-0.25, -0.2) is 4.79 Å². The quantitative estimate of drug-likeness (QED) is 0.912. The second-order valence-electron chi connectivity index (χ2n) is 7.89. The third kappa shape index (κ3) is 5.18. The molecular weight excluding hydrogens is 312 g/mol. The summed E-state index contributed by atoms with van der Waals surface area (Å²) >= 11 is 0. The van der Waals surface area contributed by atoms with Crippen LogP contribution >= 0.6 is 0 Å². The van der Waals surface area contributed by atoms with Crippen molar-refractivity contribution in [2.75, 3.05) is 32.7 Å². The zero-order valence-corrected chi connectivity index (χ0v) is 15.7. The first-order chi connectivity index (χ1) is 12.1. The third-order valence-corrected chi connectivity index (χ3v) is 5.72. The van der Waals surface area contributed by atoms with Gasteiger partial charge in [0.15, 0.2) is 0 Å². The van der Waals surface area contributed by atoms with E-state index >= 15 is 0 Å². The zero-order valence-electron chi connectivity index (χ0n) is 15.7. The summed E-state index contributed by atoms with van der Waals surface area (Å²) in [5.41, 5.74) is 1.05. The molecule has 25 heavy (non-hydrogen) atoms. The van der Waals surface area contributed by atoms with E-state index in [0.717, 1.165) is 37.5 Å². The van der Waals surface area contributed by atoms with Gasteiger partial charge in [-0.1, -0.05) is 13.0 Å². The van der Waals surface area contributed by atoms with Crippen molar-refractivity contribution in [3.05, 3.63) is 30.1 Å². The second kappa shape index (κ2) is 8.65. The van der Waals surface area contributed by atoms with Crippen molar-refractivity contribution in [2.24, 2.45) is 11.8 Å². The number of pyridine rings is 1. The summed E-state index contributed by atoms with van der Waals surface area (Å²) in [5.74, 6) is 1.49. The van der Waals surface area contributed by atoms with E-state index in [1.54, 1.807) is 6.20 Å². The van der Waals surface area contributed by atoms with Gasteiger partial charge in [0.2, 0.25) is 0 Å². The van der Waals surface area contributed by atoms with Crippen LogP contribution in [0.3, 0.4) is 0 Å². The van der Waals surface area contributed by atoms with Gasteiger partial charge in [0, 0.05) is 32.0 Å². The molecule has 0 spiro atoms. The lowest BCUT2D eigenvalue weighted by Gasteiger charge is -2.38. The topological polar surface area (TPSA) is 48.5 Å². The molecule has 5 nitrogen and oxygen atoms in total. The maximum atomic E-state index is 12.6. The highest BCUT2D eigenvalue weighted by molar-refractivity contribution is 5.74. The highest BCUT2D eigenvalue weighted by Gasteiger charge is 2.27. The first-order valence-electron chi connectivity index (χ1n) is 9.79. The number of rotatable bonds is 4. The maximum absolute atomic E-state index is 12.6. The average molecular weight is 345 g/mol. The van der Waals surface area contributed by atoms with Gasteiger partial charge >= 0.3 is 6.03 Å². The minimum Gasteiger partial charge on any atom is -0.331 e. The summed E-state index contributed by atoms with van der Waals surface area (Å²) in [6.45, 7) is 9.73. The van der Waals surface area contributed by atoms with E-state index in [4.69, 9.17) is 0 Å². The van der Waals surface area contributed by atoms with Crippen molar-refractivity contribution in [2.45, 2.75) is 45.6 Å². The van der Waals surface area contributed by atoms with Crippen LogP contribution in [0.15, 0.2) is 24.5 Å². The molecule has 2 saturated heterocycles. The van der Waals surface area contributed by atoms with E-state index in [9.17, 15) is 4.79 Å². The Labute approximate surface area is 151 Å². The van der Waals surface area contributed by atoms with Gasteiger partial charge in [-0.3, -0.25) is 4.98 Å². The fourth-order valence-corrected chi connectivity index (χ4v) is 4.00. The lowest BCUT2D eigenvalue weighted by Crippen LogP contribution is -2.48. The number of aromatic nitrogens is 1. The highest BCUT2D eigenvalue weighted by atomic mass is 16.2. The molecule has 1 aromatic rings. The normalized spacial score (nSPS) is 24.1. The van der Waals surface area contributed by atoms with E-state index in [-0.39, 0.29) is 12.1 Å². The van der Waals surface area contributed by atoms with Crippen molar-refractivity contribution in [1.29, 1.82) is 0 Å². The van der Waals surface area contributed by atoms with Gasteiger partial charge in [0.05, 0.1) is 6.04 Å². The van der Waals surface area contributed by atoms with Crippen LogP contribution in [0.2, 0.25) is 0 Å². The molecule has 3 rings (SSSR count). The molecule has 2 atom stereocenters. The standard InChI is InChI=1S/C20H32N4O/c1-16-7-11-23(12-8-16)14-18-5-4-10-24(15-18)20(25)22-17(2)19-6-3-9-21-13-19/h3,6,9,13,16-18H,4-5,7-8,10-12,14-15H2,1-2H3,(H,22,25)/t17-,18-/m0/s1. The minimum atomic E-state index is -0.00911. The fourth-order valence-electron chi connectivity index (χ4n) is 4.00. The van der Waals surface area contributed by atoms with Gasteiger partial charge in [0.1, 0.15) is 0 Å². The van der Waals surface area contributed by atoms with Crippen LogP contribution < -0.4 is 5.32 Å². The number of likely N-dealkylation sites (tertiary alicyclic amines) is 2. The first-order valence-corrected chi connectivity index (χ1v) is 9.79. The van der Waals surface area contributed by atoms with Crippen molar-refractivity contribution in [3.8, 4) is 0 Å². The lowest BCUT2D eigenvalue weighted by molar-refractivity contribution is 0.119. The van der Waals surface area contributed by atoms with Crippen LogP contribution in [0.5, 0.6) is 0 Å². The molecule has 2 aliphatic heterocycles. The molecule has 0 bridgehead atoms. The molecule has 0 aliphatic carbocycles. The molecule has 0 unspecified atom stereocenters. The Kier molecular flexibility index (Phi) is 6.29. The van der Waals surface area contributed by atoms with Crippen molar-refractivity contribution in [1.82, 2.24) is 20.1 Å². The minimum absolute atomic E-state index is 0.00911. The Morgan fingerprint density at radius 3 is 2.84 bits per heavy atom. The van der Waals surface area contributed by atoms with E-state index in [1.165, 1.54) is 32.4 Å². The number of nitrogens with zero attached hydrogens (tertiary/aromatic N) is 3. The highest BCUT2D eigenvalue weighted by Crippen LogP contribution is 2.22. The SMILES string of the molecule is CC1CCN(C[C@@H]2CCCN(C(=O)N[C@@H](C)c3cccnc3)C2)CC1. The van der Waals surface area contributed by atoms with Gasteiger partial charge in [-0.2, -0.15) is 0 Å². The number of urea groups is 1. The number of carbonyl (C=O) groups excluding carboxylic acids is 1. The number of carbonyl (C=O) groups is 1. The number of nitrogens with one attached hydrogen (secondary N) is 1. The molecule has 3 heterocycles. The zero-order chi connectivity index (χ0) is 17.6. The van der Waals surface area contributed by atoms with Crippen molar-refractivity contribution >= 4 is 6.03 Å². The number of hydrogen-bond acceptors (Lipinski definition) is 3. The van der Waals surface area contributed by atoms with Crippen LogP contribution in [-0.4, -0.2) is 53.5 Å². The van der Waals surface area contributed by atoms with Crippen molar-refractivity contribution < 1.29 is 4.79 Å². The Morgan fingerprint density at radius 2 is 2.12 bits per heavy atom. The Balaban J connectivity index is 1.48. The summed E-state index contributed by atoms with van der Waals surface area (Å²) < 4.78 is 0. The second-order valence-corrected chi connectivity index (χ2v) is 7.89. The third-order valence-electron chi connectivity index (χ3n) is 5.72. The first kappa shape index (κ1) is 18.2. The summed E-state index contributed by atoms with van der Waals surface area (Å²) in [5, 5.41) is 3.13. The van der Waals surface area contributed by atoms with E-state index in [1.807, 2.05) is 30.2 Å². The van der Waals surface area contributed by atoms with Crippen LogP contribution in [0.25, 0.3) is 0 Å². The summed E-state index contributed by atoms with van der Waals surface area (Å²) in [6.07, 6.45) is 8.58. The van der Waals surface area contributed by atoms with E-state index in [0.29, 0.717) is 5.92 Å². The van der Waals surface area contributed by atoms with Gasteiger partial charge in [0.25, 0.3) is 0 Å². The molecular formula is C20H32N4O. The Bertz CT molecular complexity index is 542. The average Bonchev–Trinajstić information content (AvgIpc) is 2.64. The number of hydrogen-bond donors (Lipinski definition) is 1. The van der Waals surface area contributed by atoms with Crippen LogP contribution in [0.4, 0.5) is 4.79 Å². The van der Waals surface area contributed by atoms with Gasteiger partial charge in [-0.05, 0) is 69.2 Å². The Hall–Kier alpha value is -1.62. The van der Waals surface area contributed by atoms with Crippen LogP contribution in [0, 0.1) is 11.8 Å². The van der Waals surface area contributed by atoms with Crippen LogP contribution in [-0.2, 0) is 0 Å². The maximum Gasteiger partial charge on any atom is 0.317 e. The molecule has 0 radical (unpaired) electrons. The fraction of sp³-hybridized carbons (Fsp3) is 0.700. The molecule has 2 fully saturated rings. The van der Waals surface area contributed by atoms with Gasteiger partial charge in [-0.15, -0.1) is 0 Å².